The number of nitrogens with one attached hydrogen (secondary N) is 2. The quantitative estimate of drug-likeness (QED) is 0.458. The van der Waals surface area contributed by atoms with Crippen LogP contribution in [0.2, 0.25) is 0 Å². The third kappa shape index (κ3) is 4.58. The van der Waals surface area contributed by atoms with E-state index in [2.05, 4.69) is 15.3 Å². The minimum atomic E-state index is -0.0818. The molecule has 136 valence electrons. The summed E-state index contributed by atoms with van der Waals surface area (Å²) in [6.45, 7) is 1.97. The first-order valence-electron chi connectivity index (χ1n) is 8.67. The lowest BCUT2D eigenvalue weighted by Gasteiger charge is -2.17. The van der Waals surface area contributed by atoms with Crippen molar-refractivity contribution in [3.8, 4) is 5.75 Å². The summed E-state index contributed by atoms with van der Waals surface area (Å²) in [5, 5.41) is 3.94. The number of benzene rings is 2. The number of aromatic amines is 1. The molecule has 1 atom stereocenters. The second-order valence-electron chi connectivity index (χ2n) is 6.04. The maximum atomic E-state index is 12.2. The maximum Gasteiger partial charge on any atom is 0.220 e. The van der Waals surface area contributed by atoms with Crippen molar-refractivity contribution in [1.29, 1.82) is 0 Å². The molecule has 3 rings (SSSR count). The Kier molecular flexibility index (Phi) is 6.17. The zero-order valence-corrected chi connectivity index (χ0v) is 15.8. The van der Waals surface area contributed by atoms with Crippen LogP contribution in [-0.4, -0.2) is 28.7 Å². The van der Waals surface area contributed by atoms with Crippen LogP contribution in [0.3, 0.4) is 0 Å². The Morgan fingerprint density at radius 3 is 2.81 bits per heavy atom. The summed E-state index contributed by atoms with van der Waals surface area (Å²) in [6.07, 6.45) is 1.29. The minimum Gasteiger partial charge on any atom is -0.496 e. The molecule has 26 heavy (non-hydrogen) atoms. The first-order chi connectivity index (χ1) is 12.7. The zero-order valence-electron chi connectivity index (χ0n) is 15.0. The van der Waals surface area contributed by atoms with Crippen molar-refractivity contribution in [3.63, 3.8) is 0 Å². The second kappa shape index (κ2) is 8.76. The van der Waals surface area contributed by atoms with Crippen molar-refractivity contribution in [3.05, 3.63) is 54.1 Å². The van der Waals surface area contributed by atoms with Gasteiger partial charge in [0.1, 0.15) is 5.75 Å². The molecule has 0 bridgehead atoms. The van der Waals surface area contributed by atoms with Crippen LogP contribution in [0, 0.1) is 0 Å². The van der Waals surface area contributed by atoms with E-state index in [1.54, 1.807) is 18.9 Å². The fourth-order valence-corrected chi connectivity index (χ4v) is 3.64. The summed E-state index contributed by atoms with van der Waals surface area (Å²) in [4.78, 5) is 20.0. The van der Waals surface area contributed by atoms with E-state index >= 15 is 0 Å². The fraction of sp³-hybridized carbons (Fsp3) is 0.300. The molecule has 0 saturated carbocycles. The smallest absolute Gasteiger partial charge is 0.220 e. The Balaban J connectivity index is 1.44. The van der Waals surface area contributed by atoms with E-state index in [1.807, 2.05) is 55.5 Å². The molecule has 1 amide bonds. The van der Waals surface area contributed by atoms with E-state index in [9.17, 15) is 4.79 Å². The number of hydrogen-bond donors (Lipinski definition) is 2. The fourth-order valence-electron chi connectivity index (χ4n) is 2.81. The summed E-state index contributed by atoms with van der Waals surface area (Å²) in [5.41, 5.74) is 3.00. The summed E-state index contributed by atoms with van der Waals surface area (Å²) in [5.74, 6) is 1.69. The lowest BCUT2D eigenvalue weighted by Crippen LogP contribution is -2.26. The van der Waals surface area contributed by atoms with Crippen LogP contribution in [0.1, 0.15) is 31.4 Å². The Hall–Kier alpha value is -2.47. The molecule has 0 saturated heterocycles. The first kappa shape index (κ1) is 18.3. The monoisotopic (exact) mass is 369 g/mol. The molecule has 0 aliphatic carbocycles. The third-order valence-electron chi connectivity index (χ3n) is 4.14. The molecule has 2 aromatic carbocycles. The highest BCUT2D eigenvalue weighted by atomic mass is 32.2. The number of hydrogen-bond acceptors (Lipinski definition) is 4. The summed E-state index contributed by atoms with van der Waals surface area (Å²) in [6, 6.07) is 15.6. The third-order valence-corrected chi connectivity index (χ3v) is 5.10. The van der Waals surface area contributed by atoms with Crippen LogP contribution < -0.4 is 10.1 Å². The predicted molar refractivity (Wildman–Crippen MR) is 106 cm³/mol. The van der Waals surface area contributed by atoms with Crippen LogP contribution in [0.15, 0.2) is 53.7 Å². The van der Waals surface area contributed by atoms with Gasteiger partial charge in [-0.25, -0.2) is 4.98 Å². The first-order valence-corrected chi connectivity index (χ1v) is 9.66. The van der Waals surface area contributed by atoms with Crippen molar-refractivity contribution in [1.82, 2.24) is 15.3 Å². The SMILES string of the molecule is COc1ccccc1C(C)NC(=O)CCCSc1nc2ccccc2[nH]1. The van der Waals surface area contributed by atoms with Gasteiger partial charge >= 0.3 is 0 Å². The number of aromatic nitrogens is 2. The van der Waals surface area contributed by atoms with Crippen LogP contribution in [0.5, 0.6) is 5.75 Å². The van der Waals surface area contributed by atoms with Crippen molar-refractivity contribution in [2.75, 3.05) is 12.9 Å². The number of methoxy groups -OCH3 is 1. The van der Waals surface area contributed by atoms with E-state index in [0.717, 1.165) is 39.7 Å². The van der Waals surface area contributed by atoms with Gasteiger partial charge in [0.2, 0.25) is 5.91 Å². The number of carbonyl (C=O) groups is 1. The van der Waals surface area contributed by atoms with E-state index in [-0.39, 0.29) is 11.9 Å². The largest absolute Gasteiger partial charge is 0.496 e. The van der Waals surface area contributed by atoms with Gasteiger partial charge in [0.25, 0.3) is 0 Å². The Morgan fingerprint density at radius 1 is 1.23 bits per heavy atom. The number of rotatable bonds is 8. The number of imidazole rings is 1. The molecule has 0 fully saturated rings. The van der Waals surface area contributed by atoms with Gasteiger partial charge < -0.3 is 15.0 Å². The van der Waals surface area contributed by atoms with Gasteiger partial charge in [-0.1, -0.05) is 42.1 Å². The topological polar surface area (TPSA) is 67.0 Å². The highest BCUT2D eigenvalue weighted by molar-refractivity contribution is 7.99. The van der Waals surface area contributed by atoms with Gasteiger partial charge in [-0.2, -0.15) is 0 Å². The van der Waals surface area contributed by atoms with Crippen LogP contribution >= 0.6 is 11.8 Å². The molecule has 5 nitrogen and oxygen atoms in total. The van der Waals surface area contributed by atoms with Crippen molar-refractivity contribution in [2.45, 2.75) is 31.0 Å². The van der Waals surface area contributed by atoms with Gasteiger partial charge in [-0.05, 0) is 31.5 Å². The van der Waals surface area contributed by atoms with Gasteiger partial charge in [-0.15, -0.1) is 0 Å². The van der Waals surface area contributed by atoms with E-state index in [1.165, 1.54) is 0 Å². The molecule has 2 N–H and O–H groups in total. The standard InChI is InChI=1S/C20H23N3O2S/c1-14(15-8-3-6-11-18(15)25-2)21-19(24)12-7-13-26-20-22-16-9-4-5-10-17(16)23-20/h3-6,8-11,14H,7,12-13H2,1-2H3,(H,21,24)(H,22,23). The van der Waals surface area contributed by atoms with Crippen LogP contribution in [-0.2, 0) is 4.79 Å². The Labute approximate surface area is 157 Å². The average Bonchev–Trinajstić information content (AvgIpc) is 3.08. The molecule has 6 heteroatoms. The number of amides is 1. The molecular formula is C20H23N3O2S. The van der Waals surface area contributed by atoms with Gasteiger partial charge in [0, 0.05) is 17.7 Å². The van der Waals surface area contributed by atoms with Gasteiger partial charge in [0.15, 0.2) is 5.16 Å². The summed E-state index contributed by atoms with van der Waals surface area (Å²) >= 11 is 1.64. The Bertz CT molecular complexity index is 845. The molecule has 0 spiro atoms. The molecule has 1 aromatic heterocycles. The average molecular weight is 369 g/mol. The normalized spacial score (nSPS) is 12.1. The molecule has 0 aliphatic heterocycles. The van der Waals surface area contributed by atoms with Gasteiger partial charge in [0.05, 0.1) is 24.2 Å². The predicted octanol–water partition coefficient (Wildman–Crippen LogP) is 4.32. The maximum absolute atomic E-state index is 12.2. The second-order valence-corrected chi connectivity index (χ2v) is 7.13. The molecular weight excluding hydrogens is 346 g/mol. The number of thioether (sulfide) groups is 1. The van der Waals surface area contributed by atoms with Crippen molar-refractivity contribution >= 4 is 28.7 Å². The number of para-hydroxylation sites is 3. The van der Waals surface area contributed by atoms with Crippen LogP contribution in [0.4, 0.5) is 0 Å². The Morgan fingerprint density at radius 2 is 2.00 bits per heavy atom. The highest BCUT2D eigenvalue weighted by Gasteiger charge is 2.13. The summed E-state index contributed by atoms with van der Waals surface area (Å²) in [7, 11) is 1.64. The number of carbonyl (C=O) groups excluding carboxylic acids is 1. The van der Waals surface area contributed by atoms with Gasteiger partial charge in [-0.3, -0.25) is 4.79 Å². The van der Waals surface area contributed by atoms with Crippen LogP contribution in [0.25, 0.3) is 11.0 Å². The van der Waals surface area contributed by atoms with E-state index in [0.29, 0.717) is 6.42 Å². The van der Waals surface area contributed by atoms with Crippen molar-refractivity contribution < 1.29 is 9.53 Å². The zero-order chi connectivity index (χ0) is 18.4. The number of ether oxygens (including phenoxy) is 1. The number of fused-ring (bicyclic) bond motifs is 1. The molecule has 0 aliphatic rings. The molecule has 1 heterocycles. The van der Waals surface area contributed by atoms with E-state index < -0.39 is 0 Å². The summed E-state index contributed by atoms with van der Waals surface area (Å²) < 4.78 is 5.36. The van der Waals surface area contributed by atoms with Crippen molar-refractivity contribution in [2.24, 2.45) is 0 Å². The minimum absolute atomic E-state index is 0.0496. The molecule has 1 unspecified atom stereocenters. The highest BCUT2D eigenvalue weighted by Crippen LogP contribution is 2.24. The lowest BCUT2D eigenvalue weighted by molar-refractivity contribution is -0.121. The lowest BCUT2D eigenvalue weighted by atomic mass is 10.1. The molecule has 3 aromatic rings. The number of nitrogens with zero attached hydrogens (tertiary/aromatic N) is 1. The number of H-pyrrole nitrogens is 1. The molecule has 0 radical (unpaired) electrons. The van der Waals surface area contributed by atoms with E-state index in [4.69, 9.17) is 4.74 Å².